The van der Waals surface area contributed by atoms with Gasteiger partial charge in [0.05, 0.1) is 6.61 Å². The minimum Gasteiger partial charge on any atom is -0.489 e. The molecule has 202 valence electrons. The fourth-order valence-corrected chi connectivity index (χ4v) is 5.12. The Morgan fingerprint density at radius 3 is 2.37 bits per heavy atom. The van der Waals surface area contributed by atoms with Crippen LogP contribution in [0.15, 0.2) is 54.6 Å². The number of hydrogen-bond acceptors (Lipinski definition) is 6. The molecule has 0 unspecified atom stereocenters. The highest BCUT2D eigenvalue weighted by Gasteiger charge is 2.35. The molecule has 6 heteroatoms. The largest absolute Gasteiger partial charge is 0.489 e. The van der Waals surface area contributed by atoms with Crippen molar-refractivity contribution in [3.8, 4) is 17.2 Å². The second kappa shape index (κ2) is 12.2. The molecule has 5 nitrogen and oxygen atoms in total. The van der Waals surface area contributed by atoms with E-state index < -0.39 is 10.9 Å². The summed E-state index contributed by atoms with van der Waals surface area (Å²) < 4.78 is 24.1. The molecule has 0 aromatic heterocycles. The van der Waals surface area contributed by atoms with Gasteiger partial charge in [0.15, 0.2) is 0 Å². The second-order valence-electron chi connectivity index (χ2n) is 10.2. The molecule has 3 aromatic rings. The van der Waals surface area contributed by atoms with Crippen LogP contribution in [0.3, 0.4) is 0 Å². The zero-order chi connectivity index (χ0) is 27.3. The third-order valence-corrected chi connectivity index (χ3v) is 7.64. The SMILES string of the molecule is CCOC(=O)[C@H](S)Cc1ccc(OC[C@]2(C)CCc3c(C)c(OCc4ccccc4)c(C)c(C)c3O2)cc1. The van der Waals surface area contributed by atoms with Crippen LogP contribution in [-0.4, -0.2) is 30.0 Å². The number of esters is 1. The van der Waals surface area contributed by atoms with Crippen molar-refractivity contribution in [1.29, 1.82) is 0 Å². The molecule has 0 spiro atoms. The van der Waals surface area contributed by atoms with E-state index >= 15 is 0 Å². The quantitative estimate of drug-likeness (QED) is 0.230. The lowest BCUT2D eigenvalue weighted by Crippen LogP contribution is -2.42. The average Bonchev–Trinajstić information content (AvgIpc) is 2.92. The predicted octanol–water partition coefficient (Wildman–Crippen LogP) is 6.76. The van der Waals surface area contributed by atoms with Gasteiger partial charge < -0.3 is 18.9 Å². The van der Waals surface area contributed by atoms with Crippen molar-refractivity contribution >= 4 is 18.6 Å². The van der Waals surface area contributed by atoms with Crippen molar-refractivity contribution in [2.24, 2.45) is 0 Å². The van der Waals surface area contributed by atoms with Crippen LogP contribution in [0.2, 0.25) is 0 Å². The molecule has 2 atom stereocenters. The lowest BCUT2D eigenvalue weighted by atomic mass is 9.87. The van der Waals surface area contributed by atoms with Crippen LogP contribution in [0.4, 0.5) is 0 Å². The van der Waals surface area contributed by atoms with Gasteiger partial charge in [-0.2, -0.15) is 12.6 Å². The number of ether oxygens (including phenoxy) is 4. The van der Waals surface area contributed by atoms with E-state index in [1.54, 1.807) is 6.92 Å². The van der Waals surface area contributed by atoms with E-state index in [1.165, 1.54) is 5.56 Å². The standard InChI is InChI=1S/C32H38O5S/c1-6-34-31(33)28(38)18-24-12-14-26(15-13-24)36-20-32(5)17-16-27-23(4)29(21(2)22(3)30(27)37-32)35-19-25-10-8-7-9-11-25/h7-15,28,38H,6,16-20H2,1-5H3/t28-,32+/m1/s1. The van der Waals surface area contributed by atoms with Crippen molar-refractivity contribution in [1.82, 2.24) is 0 Å². The molecule has 0 radical (unpaired) electrons. The Bertz CT molecular complexity index is 1260. The summed E-state index contributed by atoms with van der Waals surface area (Å²) in [5.41, 5.74) is 6.33. The van der Waals surface area contributed by atoms with Gasteiger partial charge in [-0.05, 0) is 93.8 Å². The number of fused-ring (bicyclic) bond motifs is 1. The Morgan fingerprint density at radius 1 is 0.974 bits per heavy atom. The van der Waals surface area contributed by atoms with Gasteiger partial charge in [0.25, 0.3) is 0 Å². The first-order valence-electron chi connectivity index (χ1n) is 13.3. The van der Waals surface area contributed by atoms with E-state index in [0.717, 1.165) is 57.9 Å². The van der Waals surface area contributed by atoms with Gasteiger partial charge in [0.2, 0.25) is 0 Å². The minimum atomic E-state index is -0.476. The molecule has 1 heterocycles. The predicted molar refractivity (Wildman–Crippen MR) is 154 cm³/mol. The molecule has 0 saturated carbocycles. The normalized spacial score (nSPS) is 17.2. The van der Waals surface area contributed by atoms with Crippen LogP contribution < -0.4 is 14.2 Å². The Balaban J connectivity index is 1.40. The summed E-state index contributed by atoms with van der Waals surface area (Å²) in [4.78, 5) is 11.8. The van der Waals surface area contributed by atoms with Gasteiger partial charge in [-0.15, -0.1) is 0 Å². The maximum absolute atomic E-state index is 11.8. The van der Waals surface area contributed by atoms with Gasteiger partial charge in [-0.25, -0.2) is 0 Å². The molecule has 0 aliphatic carbocycles. The number of benzene rings is 3. The minimum absolute atomic E-state index is 0.297. The van der Waals surface area contributed by atoms with E-state index in [1.807, 2.05) is 42.5 Å². The Hall–Kier alpha value is -3.12. The highest BCUT2D eigenvalue weighted by Crippen LogP contribution is 2.44. The third-order valence-electron chi connectivity index (χ3n) is 7.24. The molecule has 1 aliphatic heterocycles. The molecule has 0 N–H and O–H groups in total. The summed E-state index contributed by atoms with van der Waals surface area (Å²) in [7, 11) is 0. The number of hydrogen-bond donors (Lipinski definition) is 1. The molecule has 38 heavy (non-hydrogen) atoms. The van der Waals surface area contributed by atoms with Crippen LogP contribution >= 0.6 is 12.6 Å². The lowest BCUT2D eigenvalue weighted by Gasteiger charge is -2.38. The van der Waals surface area contributed by atoms with Crippen molar-refractivity contribution in [3.05, 3.63) is 88.0 Å². The van der Waals surface area contributed by atoms with Crippen molar-refractivity contribution in [2.45, 2.75) is 71.3 Å². The van der Waals surface area contributed by atoms with Crippen LogP contribution in [0, 0.1) is 20.8 Å². The van der Waals surface area contributed by atoms with Crippen molar-refractivity contribution in [3.63, 3.8) is 0 Å². The Labute approximate surface area is 231 Å². The van der Waals surface area contributed by atoms with Crippen LogP contribution in [0.5, 0.6) is 17.2 Å². The topological polar surface area (TPSA) is 54.0 Å². The smallest absolute Gasteiger partial charge is 0.319 e. The van der Waals surface area contributed by atoms with E-state index in [4.69, 9.17) is 18.9 Å². The van der Waals surface area contributed by atoms with Crippen LogP contribution in [0.25, 0.3) is 0 Å². The Kier molecular flexibility index (Phi) is 8.93. The zero-order valence-corrected chi connectivity index (χ0v) is 23.9. The molecular weight excluding hydrogens is 496 g/mol. The van der Waals surface area contributed by atoms with Crippen molar-refractivity contribution < 1.29 is 23.7 Å². The summed E-state index contributed by atoms with van der Waals surface area (Å²) in [5.74, 6) is 2.39. The molecule has 0 fully saturated rings. The molecule has 0 saturated heterocycles. The number of rotatable bonds is 10. The monoisotopic (exact) mass is 534 g/mol. The average molecular weight is 535 g/mol. The number of carbonyl (C=O) groups excluding carboxylic acids is 1. The fourth-order valence-electron chi connectivity index (χ4n) is 4.83. The van der Waals surface area contributed by atoms with E-state index in [9.17, 15) is 4.79 Å². The molecule has 0 amide bonds. The fraction of sp³-hybridized carbons (Fsp3) is 0.406. The molecule has 0 bridgehead atoms. The summed E-state index contributed by atoms with van der Waals surface area (Å²) in [6, 6.07) is 18.0. The summed E-state index contributed by atoms with van der Waals surface area (Å²) >= 11 is 4.37. The van der Waals surface area contributed by atoms with Crippen LogP contribution in [0.1, 0.15) is 53.6 Å². The van der Waals surface area contributed by atoms with Gasteiger partial charge >= 0.3 is 5.97 Å². The summed E-state index contributed by atoms with van der Waals surface area (Å²) in [6.45, 7) is 11.6. The van der Waals surface area contributed by atoms with Gasteiger partial charge in [-0.3, -0.25) is 4.79 Å². The highest BCUT2D eigenvalue weighted by molar-refractivity contribution is 7.81. The first kappa shape index (κ1) is 27.9. The second-order valence-corrected chi connectivity index (χ2v) is 10.9. The first-order valence-corrected chi connectivity index (χ1v) is 13.8. The summed E-state index contributed by atoms with van der Waals surface area (Å²) in [6.07, 6.45) is 2.26. The Morgan fingerprint density at radius 2 is 1.68 bits per heavy atom. The number of carbonyl (C=O) groups is 1. The number of thiol groups is 1. The van der Waals surface area contributed by atoms with Gasteiger partial charge in [0, 0.05) is 5.56 Å². The van der Waals surface area contributed by atoms with Crippen LogP contribution in [-0.2, 0) is 29.0 Å². The first-order chi connectivity index (χ1) is 18.2. The van der Waals surface area contributed by atoms with E-state index in [2.05, 4.69) is 52.5 Å². The van der Waals surface area contributed by atoms with Gasteiger partial charge in [0.1, 0.15) is 41.3 Å². The van der Waals surface area contributed by atoms with Gasteiger partial charge in [-0.1, -0.05) is 42.5 Å². The molecular formula is C32H38O5S. The van der Waals surface area contributed by atoms with E-state index in [-0.39, 0.29) is 5.97 Å². The maximum Gasteiger partial charge on any atom is 0.319 e. The third kappa shape index (κ3) is 6.47. The highest BCUT2D eigenvalue weighted by atomic mass is 32.1. The molecule has 4 rings (SSSR count). The molecule has 3 aromatic carbocycles. The zero-order valence-electron chi connectivity index (χ0n) is 23.0. The maximum atomic E-state index is 11.8. The summed E-state index contributed by atoms with van der Waals surface area (Å²) in [5, 5.41) is -0.476. The van der Waals surface area contributed by atoms with E-state index in [0.29, 0.717) is 26.2 Å². The molecule has 1 aliphatic rings. The lowest BCUT2D eigenvalue weighted by molar-refractivity contribution is -0.142. The van der Waals surface area contributed by atoms with Crippen molar-refractivity contribution in [2.75, 3.05) is 13.2 Å².